The van der Waals surface area contributed by atoms with Gasteiger partial charge in [-0.05, 0) is 34.1 Å². The summed E-state index contributed by atoms with van der Waals surface area (Å²) in [6.45, 7) is 0. The minimum absolute atomic E-state index is 0.663. The van der Waals surface area contributed by atoms with Crippen LogP contribution in [0.2, 0.25) is 0 Å². The zero-order chi connectivity index (χ0) is 11.5. The van der Waals surface area contributed by atoms with Crippen LogP contribution < -0.4 is 10.5 Å². The summed E-state index contributed by atoms with van der Waals surface area (Å²) in [6.07, 6.45) is 1.68. The van der Waals surface area contributed by atoms with Gasteiger partial charge in [-0.2, -0.15) is 0 Å². The van der Waals surface area contributed by atoms with Gasteiger partial charge >= 0.3 is 0 Å². The number of anilines is 1. The third-order valence-corrected chi connectivity index (χ3v) is 3.11. The maximum Gasteiger partial charge on any atom is 0.128 e. The van der Waals surface area contributed by atoms with Crippen LogP contribution in [-0.2, 0) is 0 Å². The lowest BCUT2D eigenvalue weighted by molar-refractivity contribution is 0.416. The summed E-state index contributed by atoms with van der Waals surface area (Å²) in [6, 6.07) is 9.46. The summed E-state index contributed by atoms with van der Waals surface area (Å²) in [5, 5.41) is 0. The maximum atomic E-state index is 5.82. The fraction of sp³-hybridized carbons (Fsp3) is 0.0833. The van der Waals surface area contributed by atoms with Crippen LogP contribution in [0.15, 0.2) is 41.0 Å². The van der Waals surface area contributed by atoms with Crippen LogP contribution in [-0.4, -0.2) is 12.1 Å². The van der Waals surface area contributed by atoms with Crippen LogP contribution in [0.1, 0.15) is 0 Å². The first-order valence-corrected chi connectivity index (χ1v) is 5.56. The average molecular weight is 279 g/mol. The van der Waals surface area contributed by atoms with Gasteiger partial charge in [-0.3, -0.25) is 4.98 Å². The number of halogens is 1. The molecule has 0 radical (unpaired) electrons. The molecule has 2 aromatic rings. The molecule has 0 bridgehead atoms. The minimum atomic E-state index is 0.663. The fourth-order valence-corrected chi connectivity index (χ4v) is 1.93. The van der Waals surface area contributed by atoms with Crippen molar-refractivity contribution in [2.75, 3.05) is 12.8 Å². The van der Waals surface area contributed by atoms with Gasteiger partial charge in [0.05, 0.1) is 17.3 Å². The summed E-state index contributed by atoms with van der Waals surface area (Å²) >= 11 is 3.44. The van der Waals surface area contributed by atoms with E-state index in [1.807, 2.05) is 24.3 Å². The van der Waals surface area contributed by atoms with E-state index < -0.39 is 0 Å². The molecule has 2 rings (SSSR count). The Bertz CT molecular complexity index is 514. The first kappa shape index (κ1) is 11.0. The summed E-state index contributed by atoms with van der Waals surface area (Å²) < 4.78 is 6.08. The monoisotopic (exact) mass is 278 g/mol. The van der Waals surface area contributed by atoms with Crippen LogP contribution in [0.25, 0.3) is 11.3 Å². The Kier molecular flexibility index (Phi) is 3.10. The zero-order valence-corrected chi connectivity index (χ0v) is 10.4. The van der Waals surface area contributed by atoms with Crippen LogP contribution in [0.5, 0.6) is 5.75 Å². The van der Waals surface area contributed by atoms with Crippen molar-refractivity contribution in [1.29, 1.82) is 0 Å². The highest BCUT2D eigenvalue weighted by atomic mass is 79.9. The highest BCUT2D eigenvalue weighted by Gasteiger charge is 2.11. The van der Waals surface area contributed by atoms with Gasteiger partial charge in [-0.1, -0.05) is 12.1 Å². The molecule has 0 aliphatic rings. The summed E-state index contributed by atoms with van der Waals surface area (Å²) in [7, 11) is 1.64. The van der Waals surface area contributed by atoms with Crippen LogP contribution in [0.3, 0.4) is 0 Å². The number of rotatable bonds is 2. The standard InChI is InChI=1S/C12H11BrN2O/c1-16-10-5-3-2-4-8(10)12-11(13)9(14)6-7-15-12/h2-7H,1H3,(H2,14,15). The molecule has 0 fully saturated rings. The van der Waals surface area contributed by atoms with Gasteiger partial charge in [0.2, 0.25) is 0 Å². The van der Waals surface area contributed by atoms with Crippen molar-refractivity contribution < 1.29 is 4.74 Å². The van der Waals surface area contributed by atoms with E-state index in [0.29, 0.717) is 5.69 Å². The second-order valence-electron chi connectivity index (χ2n) is 3.26. The predicted octanol–water partition coefficient (Wildman–Crippen LogP) is 3.10. The van der Waals surface area contributed by atoms with Gasteiger partial charge in [0, 0.05) is 17.4 Å². The van der Waals surface area contributed by atoms with Crippen LogP contribution in [0, 0.1) is 0 Å². The molecule has 16 heavy (non-hydrogen) atoms. The van der Waals surface area contributed by atoms with Crippen LogP contribution >= 0.6 is 15.9 Å². The van der Waals surface area contributed by atoms with E-state index in [0.717, 1.165) is 21.5 Å². The molecular weight excluding hydrogens is 268 g/mol. The van der Waals surface area contributed by atoms with Crippen LogP contribution in [0.4, 0.5) is 5.69 Å². The molecule has 0 aliphatic heterocycles. The van der Waals surface area contributed by atoms with E-state index in [2.05, 4.69) is 20.9 Å². The lowest BCUT2D eigenvalue weighted by Crippen LogP contribution is -1.94. The molecule has 0 spiro atoms. The van der Waals surface area contributed by atoms with E-state index in [9.17, 15) is 0 Å². The smallest absolute Gasteiger partial charge is 0.128 e. The molecule has 0 unspecified atom stereocenters. The third kappa shape index (κ3) is 1.88. The topological polar surface area (TPSA) is 48.1 Å². The molecule has 1 heterocycles. The SMILES string of the molecule is COc1ccccc1-c1nccc(N)c1Br. The molecule has 0 saturated carbocycles. The normalized spacial score (nSPS) is 10.1. The lowest BCUT2D eigenvalue weighted by Gasteiger charge is -2.09. The van der Waals surface area contributed by atoms with Crippen molar-refractivity contribution in [3.05, 3.63) is 41.0 Å². The van der Waals surface area contributed by atoms with E-state index in [4.69, 9.17) is 10.5 Å². The van der Waals surface area contributed by atoms with Gasteiger partial charge in [0.15, 0.2) is 0 Å². The van der Waals surface area contributed by atoms with Gasteiger partial charge in [0.1, 0.15) is 5.75 Å². The number of benzene rings is 1. The molecule has 1 aromatic heterocycles. The van der Waals surface area contributed by atoms with E-state index in [-0.39, 0.29) is 0 Å². The molecule has 1 aromatic carbocycles. The molecule has 0 aliphatic carbocycles. The van der Waals surface area contributed by atoms with Gasteiger partial charge in [0.25, 0.3) is 0 Å². The number of hydrogen-bond donors (Lipinski definition) is 1. The first-order valence-electron chi connectivity index (χ1n) is 4.77. The van der Waals surface area contributed by atoms with Gasteiger partial charge in [-0.15, -0.1) is 0 Å². The molecular formula is C12H11BrN2O. The molecule has 0 amide bonds. The molecule has 2 N–H and O–H groups in total. The number of hydrogen-bond acceptors (Lipinski definition) is 3. The average Bonchev–Trinajstić information content (AvgIpc) is 2.33. The number of aromatic nitrogens is 1. The molecule has 3 nitrogen and oxygen atoms in total. The van der Waals surface area contributed by atoms with Crippen molar-refractivity contribution in [3.63, 3.8) is 0 Å². The highest BCUT2D eigenvalue weighted by molar-refractivity contribution is 9.10. The van der Waals surface area contributed by atoms with E-state index in [1.54, 1.807) is 19.4 Å². The largest absolute Gasteiger partial charge is 0.496 e. The highest BCUT2D eigenvalue weighted by Crippen LogP contribution is 2.35. The fourth-order valence-electron chi connectivity index (χ4n) is 1.49. The Hall–Kier alpha value is -1.55. The van der Waals surface area contributed by atoms with Gasteiger partial charge in [-0.25, -0.2) is 0 Å². The summed E-state index contributed by atoms with van der Waals surface area (Å²) in [5.74, 6) is 0.779. The second-order valence-corrected chi connectivity index (χ2v) is 4.06. The molecule has 82 valence electrons. The molecule has 0 saturated heterocycles. The van der Waals surface area contributed by atoms with Crippen molar-refractivity contribution in [2.24, 2.45) is 0 Å². The zero-order valence-electron chi connectivity index (χ0n) is 8.77. The number of ether oxygens (including phenoxy) is 1. The predicted molar refractivity (Wildman–Crippen MR) is 68.3 cm³/mol. The summed E-state index contributed by atoms with van der Waals surface area (Å²) in [4.78, 5) is 4.31. The Morgan fingerprint density at radius 2 is 2.00 bits per heavy atom. The van der Waals surface area contributed by atoms with Gasteiger partial charge < -0.3 is 10.5 Å². The summed E-state index contributed by atoms with van der Waals surface area (Å²) in [5.41, 5.74) is 8.19. The molecule has 4 heteroatoms. The van der Waals surface area contributed by atoms with Crippen molar-refractivity contribution in [2.45, 2.75) is 0 Å². The maximum absolute atomic E-state index is 5.82. The number of pyridine rings is 1. The number of nitrogen functional groups attached to an aromatic ring is 1. The second kappa shape index (κ2) is 4.53. The Morgan fingerprint density at radius 1 is 1.25 bits per heavy atom. The Morgan fingerprint density at radius 3 is 2.75 bits per heavy atom. The quantitative estimate of drug-likeness (QED) is 0.918. The Balaban J connectivity index is 2.63. The van der Waals surface area contributed by atoms with Crippen molar-refractivity contribution in [3.8, 4) is 17.0 Å². The van der Waals surface area contributed by atoms with Crippen molar-refractivity contribution in [1.82, 2.24) is 4.98 Å². The number of nitrogens with zero attached hydrogens (tertiary/aromatic N) is 1. The minimum Gasteiger partial charge on any atom is -0.496 e. The van der Waals surface area contributed by atoms with E-state index in [1.165, 1.54) is 0 Å². The van der Waals surface area contributed by atoms with Crippen molar-refractivity contribution >= 4 is 21.6 Å². The lowest BCUT2D eigenvalue weighted by atomic mass is 10.1. The molecule has 0 atom stereocenters. The number of para-hydroxylation sites is 1. The van der Waals surface area contributed by atoms with E-state index >= 15 is 0 Å². The Labute approximate surface area is 102 Å². The third-order valence-electron chi connectivity index (χ3n) is 2.28. The number of methoxy groups -OCH3 is 1. The number of nitrogens with two attached hydrogens (primary N) is 1. The first-order chi connectivity index (χ1) is 7.74.